The summed E-state index contributed by atoms with van der Waals surface area (Å²) in [4.78, 5) is 27.1. The topological polar surface area (TPSA) is 70.7 Å². The summed E-state index contributed by atoms with van der Waals surface area (Å²) in [5.74, 6) is -0.182. The average molecular weight is 361 g/mol. The molecule has 0 aliphatic carbocycles. The molecule has 1 heterocycles. The highest BCUT2D eigenvalue weighted by Crippen LogP contribution is 2.09. The van der Waals surface area contributed by atoms with Crippen LogP contribution >= 0.6 is 0 Å². The number of likely N-dealkylation sites (tertiary alicyclic amines) is 1. The lowest BCUT2D eigenvalue weighted by atomic mass is 10.1. The number of benzene rings is 1. The van der Waals surface area contributed by atoms with Crippen LogP contribution in [-0.2, 0) is 16.0 Å². The number of hydrogen-bond acceptors (Lipinski definition) is 4. The smallest absolute Gasteiger partial charge is 0.408 e. The van der Waals surface area contributed by atoms with E-state index in [2.05, 4.69) is 15.5 Å². The number of alkyl carbamates (subject to hydrolysis) is 1. The van der Waals surface area contributed by atoms with Gasteiger partial charge in [0, 0.05) is 19.5 Å². The number of nitrogens with zero attached hydrogens (tertiary/aromatic N) is 1. The molecule has 6 nitrogen and oxygen atoms in total. The molecule has 1 aliphatic heterocycles. The van der Waals surface area contributed by atoms with Gasteiger partial charge in [-0.1, -0.05) is 30.3 Å². The molecule has 1 aromatic carbocycles. The number of amides is 2. The van der Waals surface area contributed by atoms with Crippen LogP contribution in [0, 0.1) is 0 Å². The quantitative estimate of drug-likeness (QED) is 0.782. The van der Waals surface area contributed by atoms with E-state index in [0.717, 1.165) is 25.2 Å². The van der Waals surface area contributed by atoms with Gasteiger partial charge in [0.25, 0.3) is 0 Å². The lowest BCUT2D eigenvalue weighted by Gasteiger charge is -2.24. The molecule has 0 radical (unpaired) electrons. The molecule has 6 heteroatoms. The Labute approximate surface area is 156 Å². The van der Waals surface area contributed by atoms with Gasteiger partial charge in [0.1, 0.15) is 11.6 Å². The first kappa shape index (κ1) is 20.2. The fraction of sp³-hybridized carbons (Fsp3) is 0.600. The zero-order valence-corrected chi connectivity index (χ0v) is 16.1. The highest BCUT2D eigenvalue weighted by atomic mass is 16.6. The highest BCUT2D eigenvalue weighted by molar-refractivity contribution is 5.86. The molecule has 1 atom stereocenters. The number of ether oxygens (including phenoxy) is 1. The summed E-state index contributed by atoms with van der Waals surface area (Å²) in [6.07, 6.45) is 2.30. The number of carbonyl (C=O) groups is 2. The predicted molar refractivity (Wildman–Crippen MR) is 102 cm³/mol. The summed E-state index contributed by atoms with van der Waals surface area (Å²) in [5, 5.41) is 5.66. The van der Waals surface area contributed by atoms with Gasteiger partial charge in [-0.15, -0.1) is 0 Å². The number of carbonyl (C=O) groups excluding carboxylic acids is 2. The van der Waals surface area contributed by atoms with Crippen molar-refractivity contribution in [3.05, 3.63) is 35.9 Å². The molecule has 1 saturated heterocycles. The van der Waals surface area contributed by atoms with Gasteiger partial charge in [-0.2, -0.15) is 0 Å². The lowest BCUT2D eigenvalue weighted by molar-refractivity contribution is -0.123. The van der Waals surface area contributed by atoms with E-state index < -0.39 is 17.7 Å². The monoisotopic (exact) mass is 361 g/mol. The van der Waals surface area contributed by atoms with Gasteiger partial charge >= 0.3 is 6.09 Å². The Morgan fingerprint density at radius 3 is 2.42 bits per heavy atom. The van der Waals surface area contributed by atoms with Crippen molar-refractivity contribution >= 4 is 12.0 Å². The Bertz CT molecular complexity index is 578. The molecule has 1 aliphatic rings. The van der Waals surface area contributed by atoms with Crippen molar-refractivity contribution in [2.75, 3.05) is 26.2 Å². The first-order valence-corrected chi connectivity index (χ1v) is 9.37. The van der Waals surface area contributed by atoms with Gasteiger partial charge in [-0.05, 0) is 52.3 Å². The summed E-state index contributed by atoms with van der Waals surface area (Å²) < 4.78 is 5.30. The maximum Gasteiger partial charge on any atom is 0.408 e. The maximum absolute atomic E-state index is 12.6. The van der Waals surface area contributed by atoms with Gasteiger partial charge in [-0.25, -0.2) is 4.79 Å². The van der Waals surface area contributed by atoms with Gasteiger partial charge in [-0.3, -0.25) is 4.79 Å². The van der Waals surface area contributed by atoms with Crippen LogP contribution in [0.4, 0.5) is 4.79 Å². The fourth-order valence-corrected chi connectivity index (χ4v) is 2.98. The van der Waals surface area contributed by atoms with Gasteiger partial charge in [0.15, 0.2) is 0 Å². The van der Waals surface area contributed by atoms with E-state index in [1.165, 1.54) is 12.8 Å². The Balaban J connectivity index is 1.91. The lowest BCUT2D eigenvalue weighted by Crippen LogP contribution is -2.50. The van der Waals surface area contributed by atoms with Gasteiger partial charge < -0.3 is 20.3 Å². The molecule has 26 heavy (non-hydrogen) atoms. The van der Waals surface area contributed by atoms with Crippen LogP contribution in [0.3, 0.4) is 0 Å². The van der Waals surface area contributed by atoms with E-state index in [9.17, 15) is 9.59 Å². The minimum Gasteiger partial charge on any atom is -0.444 e. The third-order valence-corrected chi connectivity index (χ3v) is 4.22. The van der Waals surface area contributed by atoms with Crippen LogP contribution in [-0.4, -0.2) is 54.7 Å². The zero-order chi connectivity index (χ0) is 19.0. The van der Waals surface area contributed by atoms with Crippen molar-refractivity contribution in [2.24, 2.45) is 0 Å². The normalized spacial score (nSPS) is 16.1. The zero-order valence-electron chi connectivity index (χ0n) is 16.1. The SMILES string of the molecule is CC(C)(C)OC(=O)N[C@@H](Cc1ccccc1)C(=O)NCCN1CCCC1. The Hall–Kier alpha value is -2.08. The largest absolute Gasteiger partial charge is 0.444 e. The summed E-state index contributed by atoms with van der Waals surface area (Å²) in [6.45, 7) is 9.02. The van der Waals surface area contributed by atoms with Crippen LogP contribution in [0.2, 0.25) is 0 Å². The second-order valence-corrected chi connectivity index (χ2v) is 7.73. The van der Waals surface area contributed by atoms with Crippen molar-refractivity contribution in [1.82, 2.24) is 15.5 Å². The fourth-order valence-electron chi connectivity index (χ4n) is 2.98. The molecule has 1 aromatic rings. The van der Waals surface area contributed by atoms with E-state index in [4.69, 9.17) is 4.74 Å². The van der Waals surface area contributed by atoms with Gasteiger partial charge in [0.05, 0.1) is 0 Å². The Kier molecular flexibility index (Phi) is 7.45. The minimum absolute atomic E-state index is 0.182. The first-order chi connectivity index (χ1) is 12.3. The molecule has 144 valence electrons. The molecular weight excluding hydrogens is 330 g/mol. The van der Waals surface area contributed by atoms with Crippen molar-refractivity contribution in [3.63, 3.8) is 0 Å². The molecule has 0 unspecified atom stereocenters. The summed E-state index contributed by atoms with van der Waals surface area (Å²) in [5.41, 5.74) is 0.386. The predicted octanol–water partition coefficient (Wildman–Crippen LogP) is 2.33. The van der Waals surface area contributed by atoms with Crippen LogP contribution < -0.4 is 10.6 Å². The standard InChI is InChI=1S/C20H31N3O3/c1-20(2,3)26-19(25)22-17(15-16-9-5-4-6-10-16)18(24)21-11-14-23-12-7-8-13-23/h4-6,9-10,17H,7-8,11-15H2,1-3H3,(H,21,24)(H,22,25)/t17-/m0/s1. The van der Waals surface area contributed by atoms with E-state index in [1.54, 1.807) is 20.8 Å². The summed E-state index contributed by atoms with van der Waals surface area (Å²) in [7, 11) is 0. The molecule has 2 N–H and O–H groups in total. The van der Waals surface area contributed by atoms with Crippen LogP contribution in [0.5, 0.6) is 0 Å². The van der Waals surface area contributed by atoms with E-state index in [-0.39, 0.29) is 5.91 Å². The second kappa shape index (κ2) is 9.57. The van der Waals surface area contributed by atoms with Crippen molar-refractivity contribution in [3.8, 4) is 0 Å². The van der Waals surface area contributed by atoms with Crippen LogP contribution in [0.15, 0.2) is 30.3 Å². The molecule has 1 fully saturated rings. The molecule has 0 aromatic heterocycles. The first-order valence-electron chi connectivity index (χ1n) is 9.37. The molecule has 2 amide bonds. The van der Waals surface area contributed by atoms with E-state index >= 15 is 0 Å². The third-order valence-electron chi connectivity index (χ3n) is 4.22. The molecule has 0 bridgehead atoms. The number of hydrogen-bond donors (Lipinski definition) is 2. The van der Waals surface area contributed by atoms with E-state index in [0.29, 0.717) is 13.0 Å². The van der Waals surface area contributed by atoms with E-state index in [1.807, 2.05) is 30.3 Å². The number of rotatable bonds is 7. The molecule has 0 saturated carbocycles. The number of nitrogens with one attached hydrogen (secondary N) is 2. The molecule has 0 spiro atoms. The molecular formula is C20H31N3O3. The Morgan fingerprint density at radius 2 is 1.81 bits per heavy atom. The van der Waals surface area contributed by atoms with Crippen LogP contribution in [0.1, 0.15) is 39.2 Å². The third kappa shape index (κ3) is 7.44. The average Bonchev–Trinajstić information content (AvgIpc) is 3.06. The van der Waals surface area contributed by atoms with Crippen molar-refractivity contribution in [2.45, 2.75) is 51.7 Å². The molecule has 2 rings (SSSR count). The highest BCUT2D eigenvalue weighted by Gasteiger charge is 2.24. The summed E-state index contributed by atoms with van der Waals surface area (Å²) in [6, 6.07) is 9.00. The van der Waals surface area contributed by atoms with Gasteiger partial charge in [0.2, 0.25) is 5.91 Å². The Morgan fingerprint density at radius 1 is 1.15 bits per heavy atom. The van der Waals surface area contributed by atoms with Crippen molar-refractivity contribution in [1.29, 1.82) is 0 Å². The summed E-state index contributed by atoms with van der Waals surface area (Å²) >= 11 is 0. The minimum atomic E-state index is -0.661. The second-order valence-electron chi connectivity index (χ2n) is 7.73. The van der Waals surface area contributed by atoms with Crippen molar-refractivity contribution < 1.29 is 14.3 Å². The maximum atomic E-state index is 12.6. The van der Waals surface area contributed by atoms with Crippen LogP contribution in [0.25, 0.3) is 0 Å².